The second-order valence-corrected chi connectivity index (χ2v) is 4.75. The van der Waals surface area contributed by atoms with Crippen LogP contribution in [0.2, 0.25) is 0 Å². The zero-order valence-electron chi connectivity index (χ0n) is 11.1. The first kappa shape index (κ1) is 13.5. The van der Waals surface area contributed by atoms with Crippen LogP contribution in [0.15, 0.2) is 54.4 Å². The van der Waals surface area contributed by atoms with Crippen molar-refractivity contribution in [2.75, 3.05) is 0 Å². The Hall–Kier alpha value is -1.93. The molecule has 0 aliphatic heterocycles. The molecule has 0 aliphatic rings. The van der Waals surface area contributed by atoms with Gasteiger partial charge in [0.05, 0.1) is 0 Å². The van der Waals surface area contributed by atoms with Gasteiger partial charge in [-0.15, -0.1) is 0 Å². The number of aryl methyl sites for hydroxylation is 2. The normalized spacial score (nSPS) is 13.4. The van der Waals surface area contributed by atoms with Crippen LogP contribution in [-0.4, -0.2) is 5.11 Å². The lowest BCUT2D eigenvalue weighted by molar-refractivity contribution is 0.188. The molecule has 2 aromatic rings. The van der Waals surface area contributed by atoms with Crippen LogP contribution >= 0.6 is 0 Å². The molecule has 1 N–H and O–H groups in total. The first-order valence-corrected chi connectivity index (χ1v) is 6.24. The summed E-state index contributed by atoms with van der Waals surface area (Å²) in [5, 5.41) is 9.95. The average Bonchev–Trinajstić information content (AvgIpc) is 2.41. The van der Waals surface area contributed by atoms with Crippen molar-refractivity contribution in [1.82, 2.24) is 0 Å². The van der Waals surface area contributed by atoms with E-state index < -0.39 is 11.9 Å². The number of hydrogen-bond acceptors (Lipinski definition) is 1. The van der Waals surface area contributed by atoms with E-state index in [1.165, 1.54) is 6.08 Å². The Labute approximate surface area is 113 Å². The monoisotopic (exact) mass is 256 g/mol. The molecule has 0 aliphatic carbocycles. The SMILES string of the molecule is Cc1ccc(/C=C(/F)C(O)c2ccc(C)cc2)cc1. The Morgan fingerprint density at radius 1 is 0.947 bits per heavy atom. The van der Waals surface area contributed by atoms with Gasteiger partial charge in [0.1, 0.15) is 11.9 Å². The van der Waals surface area contributed by atoms with E-state index in [2.05, 4.69) is 0 Å². The maximum absolute atomic E-state index is 14.0. The van der Waals surface area contributed by atoms with Crippen molar-refractivity contribution in [3.8, 4) is 0 Å². The Morgan fingerprint density at radius 2 is 1.42 bits per heavy atom. The van der Waals surface area contributed by atoms with Crippen LogP contribution in [0.3, 0.4) is 0 Å². The molecule has 1 atom stereocenters. The highest BCUT2D eigenvalue weighted by atomic mass is 19.1. The van der Waals surface area contributed by atoms with Crippen molar-refractivity contribution >= 4 is 6.08 Å². The van der Waals surface area contributed by atoms with Gasteiger partial charge in [0, 0.05) is 0 Å². The first-order chi connectivity index (χ1) is 9.06. The van der Waals surface area contributed by atoms with E-state index in [0.717, 1.165) is 16.7 Å². The lowest BCUT2D eigenvalue weighted by Crippen LogP contribution is -1.97. The molecule has 0 aromatic heterocycles. The Kier molecular flexibility index (Phi) is 4.13. The topological polar surface area (TPSA) is 20.2 Å². The molecule has 1 unspecified atom stereocenters. The van der Waals surface area contributed by atoms with Crippen LogP contribution in [0.4, 0.5) is 4.39 Å². The van der Waals surface area contributed by atoms with Gasteiger partial charge >= 0.3 is 0 Å². The standard InChI is InChI=1S/C17H17FO/c1-12-3-7-14(8-4-12)11-16(18)17(19)15-9-5-13(2)6-10-15/h3-11,17,19H,1-2H3/b16-11+. The van der Waals surface area contributed by atoms with E-state index >= 15 is 0 Å². The molecule has 98 valence electrons. The quantitative estimate of drug-likeness (QED) is 0.865. The summed E-state index contributed by atoms with van der Waals surface area (Å²) in [5.41, 5.74) is 3.51. The number of aliphatic hydroxyl groups excluding tert-OH is 1. The summed E-state index contributed by atoms with van der Waals surface area (Å²) < 4.78 is 14.0. The second kappa shape index (κ2) is 5.81. The smallest absolute Gasteiger partial charge is 0.134 e. The molecule has 0 radical (unpaired) electrons. The Morgan fingerprint density at radius 3 is 1.95 bits per heavy atom. The van der Waals surface area contributed by atoms with Gasteiger partial charge in [-0.2, -0.15) is 0 Å². The van der Waals surface area contributed by atoms with E-state index in [1.807, 2.05) is 50.2 Å². The summed E-state index contributed by atoms with van der Waals surface area (Å²) in [7, 11) is 0. The van der Waals surface area contributed by atoms with Crippen molar-refractivity contribution in [1.29, 1.82) is 0 Å². The fraction of sp³-hybridized carbons (Fsp3) is 0.176. The van der Waals surface area contributed by atoms with Crippen LogP contribution in [0.25, 0.3) is 6.08 Å². The number of rotatable bonds is 3. The van der Waals surface area contributed by atoms with Crippen molar-refractivity contribution in [2.45, 2.75) is 20.0 Å². The third kappa shape index (κ3) is 3.52. The predicted molar refractivity (Wildman–Crippen MR) is 76.4 cm³/mol. The summed E-state index contributed by atoms with van der Waals surface area (Å²) in [4.78, 5) is 0. The highest BCUT2D eigenvalue weighted by Crippen LogP contribution is 2.24. The van der Waals surface area contributed by atoms with Crippen molar-refractivity contribution in [2.24, 2.45) is 0 Å². The van der Waals surface area contributed by atoms with Gasteiger partial charge in [-0.3, -0.25) is 0 Å². The van der Waals surface area contributed by atoms with Crippen LogP contribution in [-0.2, 0) is 0 Å². The molecular weight excluding hydrogens is 239 g/mol. The summed E-state index contributed by atoms with van der Waals surface area (Å²) in [5.74, 6) is -0.548. The van der Waals surface area contributed by atoms with Gasteiger partial charge in [0.15, 0.2) is 0 Å². The maximum atomic E-state index is 14.0. The van der Waals surface area contributed by atoms with E-state index in [0.29, 0.717) is 5.56 Å². The average molecular weight is 256 g/mol. The molecule has 2 heteroatoms. The molecule has 0 bridgehead atoms. The molecule has 2 rings (SSSR count). The molecule has 0 amide bonds. The maximum Gasteiger partial charge on any atom is 0.134 e. The highest BCUT2D eigenvalue weighted by Gasteiger charge is 2.12. The van der Waals surface area contributed by atoms with Crippen molar-refractivity contribution in [3.05, 3.63) is 76.6 Å². The molecule has 19 heavy (non-hydrogen) atoms. The Balaban J connectivity index is 2.20. The molecule has 0 fully saturated rings. The van der Waals surface area contributed by atoms with Crippen LogP contribution in [0, 0.1) is 13.8 Å². The van der Waals surface area contributed by atoms with E-state index in [4.69, 9.17) is 0 Å². The van der Waals surface area contributed by atoms with Crippen LogP contribution < -0.4 is 0 Å². The minimum Gasteiger partial charge on any atom is -0.381 e. The van der Waals surface area contributed by atoms with Crippen LogP contribution in [0.5, 0.6) is 0 Å². The number of hydrogen-bond donors (Lipinski definition) is 1. The third-order valence-corrected chi connectivity index (χ3v) is 3.04. The van der Waals surface area contributed by atoms with Gasteiger partial charge in [0.2, 0.25) is 0 Å². The molecule has 0 saturated carbocycles. The zero-order chi connectivity index (χ0) is 13.8. The molecule has 2 aromatic carbocycles. The fourth-order valence-electron chi connectivity index (χ4n) is 1.81. The van der Waals surface area contributed by atoms with Gasteiger partial charge in [-0.05, 0) is 31.1 Å². The molecule has 0 spiro atoms. The number of aliphatic hydroxyl groups is 1. The van der Waals surface area contributed by atoms with Gasteiger partial charge < -0.3 is 5.11 Å². The minimum absolute atomic E-state index is 0.548. The summed E-state index contributed by atoms with van der Waals surface area (Å²) in [6, 6.07) is 14.7. The fourth-order valence-corrected chi connectivity index (χ4v) is 1.81. The second-order valence-electron chi connectivity index (χ2n) is 4.75. The number of benzene rings is 2. The summed E-state index contributed by atoms with van der Waals surface area (Å²) in [6.07, 6.45) is 0.158. The summed E-state index contributed by atoms with van der Waals surface area (Å²) in [6.45, 7) is 3.93. The third-order valence-electron chi connectivity index (χ3n) is 3.04. The Bertz CT molecular complexity index is 567. The molecular formula is C17H17FO. The zero-order valence-corrected chi connectivity index (χ0v) is 11.1. The first-order valence-electron chi connectivity index (χ1n) is 6.24. The van der Waals surface area contributed by atoms with E-state index in [9.17, 15) is 9.50 Å². The molecule has 1 nitrogen and oxygen atoms in total. The minimum atomic E-state index is -1.21. The summed E-state index contributed by atoms with van der Waals surface area (Å²) >= 11 is 0. The van der Waals surface area contributed by atoms with Gasteiger partial charge in [-0.1, -0.05) is 59.7 Å². The largest absolute Gasteiger partial charge is 0.381 e. The lowest BCUT2D eigenvalue weighted by atomic mass is 10.0. The lowest BCUT2D eigenvalue weighted by Gasteiger charge is -2.09. The van der Waals surface area contributed by atoms with E-state index in [1.54, 1.807) is 12.1 Å². The van der Waals surface area contributed by atoms with Gasteiger partial charge in [-0.25, -0.2) is 4.39 Å². The predicted octanol–water partition coefficient (Wildman–Crippen LogP) is 4.35. The molecule has 0 saturated heterocycles. The molecule has 0 heterocycles. The van der Waals surface area contributed by atoms with Gasteiger partial charge in [0.25, 0.3) is 0 Å². The van der Waals surface area contributed by atoms with Crippen molar-refractivity contribution < 1.29 is 9.50 Å². The van der Waals surface area contributed by atoms with Crippen molar-refractivity contribution in [3.63, 3.8) is 0 Å². The highest BCUT2D eigenvalue weighted by molar-refractivity contribution is 5.53. The number of halogens is 1. The van der Waals surface area contributed by atoms with E-state index in [-0.39, 0.29) is 0 Å². The van der Waals surface area contributed by atoms with Crippen LogP contribution in [0.1, 0.15) is 28.4 Å².